The zero-order valence-corrected chi connectivity index (χ0v) is 12.2. The van der Waals surface area contributed by atoms with Gasteiger partial charge in [-0.1, -0.05) is 0 Å². The molecule has 3 rings (SSSR count). The number of amides is 1. The monoisotopic (exact) mass is 278 g/mol. The standard InChI is InChI=1S/C14H22N4O2/c1-3-18-13(19)10-14(20-18)5-8-17(9-6-14)11-12-4-7-15-16(12)2/h4,7H,3,5-6,8-11H2,1-2H3. The molecule has 2 saturated heterocycles. The lowest BCUT2D eigenvalue weighted by Crippen LogP contribution is -2.44. The number of hydrogen-bond donors (Lipinski definition) is 0. The van der Waals surface area contributed by atoms with E-state index >= 15 is 0 Å². The van der Waals surface area contributed by atoms with Crippen LogP contribution in [-0.4, -0.2) is 50.9 Å². The molecule has 2 fully saturated rings. The smallest absolute Gasteiger partial charge is 0.249 e. The van der Waals surface area contributed by atoms with E-state index in [4.69, 9.17) is 4.84 Å². The molecular formula is C14H22N4O2. The summed E-state index contributed by atoms with van der Waals surface area (Å²) in [6.07, 6.45) is 4.22. The van der Waals surface area contributed by atoms with Gasteiger partial charge in [-0.15, -0.1) is 0 Å². The third-order valence-corrected chi connectivity index (χ3v) is 4.42. The van der Waals surface area contributed by atoms with Gasteiger partial charge in [-0.2, -0.15) is 5.10 Å². The van der Waals surface area contributed by atoms with Gasteiger partial charge in [0.05, 0.1) is 12.1 Å². The van der Waals surface area contributed by atoms with Crippen LogP contribution in [0.3, 0.4) is 0 Å². The number of carbonyl (C=O) groups excluding carboxylic acids is 1. The van der Waals surface area contributed by atoms with E-state index in [1.807, 2.05) is 24.9 Å². The maximum absolute atomic E-state index is 11.8. The van der Waals surface area contributed by atoms with Crippen LogP contribution in [0.15, 0.2) is 12.3 Å². The summed E-state index contributed by atoms with van der Waals surface area (Å²) in [6, 6.07) is 2.05. The molecule has 0 unspecified atom stereocenters. The second-order valence-electron chi connectivity index (χ2n) is 5.76. The number of nitrogens with zero attached hydrogens (tertiary/aromatic N) is 4. The van der Waals surface area contributed by atoms with Crippen LogP contribution in [0.25, 0.3) is 0 Å². The molecule has 1 amide bonds. The summed E-state index contributed by atoms with van der Waals surface area (Å²) in [5, 5.41) is 5.72. The van der Waals surface area contributed by atoms with Crippen molar-refractivity contribution in [2.24, 2.45) is 7.05 Å². The van der Waals surface area contributed by atoms with E-state index in [2.05, 4.69) is 16.1 Å². The zero-order chi connectivity index (χ0) is 14.2. The lowest BCUT2D eigenvalue weighted by molar-refractivity contribution is -0.208. The molecule has 1 aromatic heterocycles. The summed E-state index contributed by atoms with van der Waals surface area (Å²) >= 11 is 0. The largest absolute Gasteiger partial charge is 0.297 e. The molecule has 20 heavy (non-hydrogen) atoms. The van der Waals surface area contributed by atoms with Crippen LogP contribution in [0.5, 0.6) is 0 Å². The molecular weight excluding hydrogens is 256 g/mol. The highest BCUT2D eigenvalue weighted by Gasteiger charge is 2.46. The normalized spacial score (nSPS) is 22.9. The SMILES string of the molecule is CCN1OC2(CCN(Cc3ccnn3C)CC2)CC1=O. The van der Waals surface area contributed by atoms with Crippen molar-refractivity contribution in [3.8, 4) is 0 Å². The van der Waals surface area contributed by atoms with Crippen molar-refractivity contribution < 1.29 is 9.63 Å². The first-order valence-electron chi connectivity index (χ1n) is 7.31. The van der Waals surface area contributed by atoms with E-state index in [9.17, 15) is 4.79 Å². The Balaban J connectivity index is 1.57. The van der Waals surface area contributed by atoms with Crippen LogP contribution < -0.4 is 0 Å². The number of carbonyl (C=O) groups is 1. The van der Waals surface area contributed by atoms with Crippen LogP contribution in [0, 0.1) is 0 Å². The number of hydrogen-bond acceptors (Lipinski definition) is 4. The minimum absolute atomic E-state index is 0.132. The van der Waals surface area contributed by atoms with Crippen molar-refractivity contribution >= 4 is 5.91 Å². The summed E-state index contributed by atoms with van der Waals surface area (Å²) in [6.45, 7) is 5.44. The molecule has 110 valence electrons. The third-order valence-electron chi connectivity index (χ3n) is 4.42. The van der Waals surface area contributed by atoms with Gasteiger partial charge in [-0.25, -0.2) is 5.06 Å². The molecule has 0 N–H and O–H groups in total. The zero-order valence-electron chi connectivity index (χ0n) is 12.2. The summed E-state index contributed by atoms with van der Waals surface area (Å²) in [5.41, 5.74) is 0.982. The molecule has 0 aromatic carbocycles. The highest BCUT2D eigenvalue weighted by atomic mass is 16.7. The van der Waals surface area contributed by atoms with Gasteiger partial charge in [0, 0.05) is 39.4 Å². The highest BCUT2D eigenvalue weighted by molar-refractivity contribution is 5.78. The fourth-order valence-electron chi connectivity index (χ4n) is 3.09. The number of hydroxylamine groups is 2. The summed E-state index contributed by atoms with van der Waals surface area (Å²) in [7, 11) is 1.97. The van der Waals surface area contributed by atoms with Crippen LogP contribution in [0.2, 0.25) is 0 Å². The number of rotatable bonds is 3. The van der Waals surface area contributed by atoms with Crippen LogP contribution >= 0.6 is 0 Å². The maximum atomic E-state index is 11.8. The van der Waals surface area contributed by atoms with E-state index in [1.165, 1.54) is 10.8 Å². The molecule has 2 aliphatic rings. The van der Waals surface area contributed by atoms with E-state index in [1.54, 1.807) is 0 Å². The van der Waals surface area contributed by atoms with Gasteiger partial charge < -0.3 is 0 Å². The lowest BCUT2D eigenvalue weighted by Gasteiger charge is -2.37. The lowest BCUT2D eigenvalue weighted by atomic mass is 9.88. The summed E-state index contributed by atoms with van der Waals surface area (Å²) in [4.78, 5) is 20.1. The summed E-state index contributed by atoms with van der Waals surface area (Å²) < 4.78 is 1.92. The predicted octanol–water partition coefficient (Wildman–Crippen LogP) is 0.938. The van der Waals surface area contributed by atoms with Gasteiger partial charge in [0.15, 0.2) is 0 Å². The molecule has 0 atom stereocenters. The van der Waals surface area contributed by atoms with Crippen molar-refractivity contribution in [3.63, 3.8) is 0 Å². The molecule has 0 bridgehead atoms. The fourth-order valence-corrected chi connectivity index (χ4v) is 3.09. The van der Waals surface area contributed by atoms with Crippen LogP contribution in [0.1, 0.15) is 31.9 Å². The van der Waals surface area contributed by atoms with Crippen molar-refractivity contribution in [1.29, 1.82) is 0 Å². The second-order valence-corrected chi connectivity index (χ2v) is 5.76. The van der Waals surface area contributed by atoms with Gasteiger partial charge in [-0.05, 0) is 25.8 Å². The van der Waals surface area contributed by atoms with Gasteiger partial charge in [0.25, 0.3) is 0 Å². The Morgan fingerprint density at radius 1 is 1.40 bits per heavy atom. The van der Waals surface area contributed by atoms with Crippen molar-refractivity contribution in [2.75, 3.05) is 19.6 Å². The Morgan fingerprint density at radius 2 is 2.15 bits per heavy atom. The third kappa shape index (κ3) is 2.45. The Hall–Kier alpha value is -1.40. The number of aryl methyl sites for hydroxylation is 1. The molecule has 6 heteroatoms. The molecule has 6 nitrogen and oxygen atoms in total. The van der Waals surface area contributed by atoms with Gasteiger partial charge >= 0.3 is 0 Å². The van der Waals surface area contributed by atoms with Crippen molar-refractivity contribution in [3.05, 3.63) is 18.0 Å². The fraction of sp³-hybridized carbons (Fsp3) is 0.714. The summed E-state index contributed by atoms with van der Waals surface area (Å²) in [5.74, 6) is 0.132. The van der Waals surface area contributed by atoms with E-state index in [0.29, 0.717) is 13.0 Å². The van der Waals surface area contributed by atoms with Crippen LogP contribution in [0.4, 0.5) is 0 Å². The van der Waals surface area contributed by atoms with Crippen molar-refractivity contribution in [1.82, 2.24) is 19.7 Å². The van der Waals surface area contributed by atoms with E-state index < -0.39 is 0 Å². The number of likely N-dealkylation sites (tertiary alicyclic amines) is 1. The highest BCUT2D eigenvalue weighted by Crippen LogP contribution is 2.36. The Labute approximate surface area is 119 Å². The first-order chi connectivity index (χ1) is 9.62. The Morgan fingerprint density at radius 3 is 2.70 bits per heavy atom. The van der Waals surface area contributed by atoms with Gasteiger partial charge in [-0.3, -0.25) is 19.2 Å². The van der Waals surface area contributed by atoms with Gasteiger partial charge in [0.1, 0.15) is 5.60 Å². The minimum Gasteiger partial charge on any atom is -0.297 e. The quantitative estimate of drug-likeness (QED) is 0.825. The second kappa shape index (κ2) is 5.18. The molecule has 1 spiro atoms. The average molecular weight is 278 g/mol. The topological polar surface area (TPSA) is 50.6 Å². The molecule has 0 saturated carbocycles. The average Bonchev–Trinajstić information content (AvgIpc) is 2.97. The molecule has 3 heterocycles. The minimum atomic E-state index is -0.240. The van der Waals surface area contributed by atoms with E-state index in [0.717, 1.165) is 32.5 Å². The first-order valence-corrected chi connectivity index (χ1v) is 7.31. The van der Waals surface area contributed by atoms with E-state index in [-0.39, 0.29) is 11.5 Å². The van der Waals surface area contributed by atoms with Gasteiger partial charge in [0.2, 0.25) is 5.91 Å². The first kappa shape index (κ1) is 13.6. The molecule has 2 aliphatic heterocycles. The molecule has 1 aromatic rings. The molecule has 0 aliphatic carbocycles. The Kier molecular flexibility index (Phi) is 3.52. The predicted molar refractivity (Wildman–Crippen MR) is 73.5 cm³/mol. The maximum Gasteiger partial charge on any atom is 0.249 e. The number of piperidine rings is 1. The van der Waals surface area contributed by atoms with Crippen LogP contribution in [-0.2, 0) is 23.2 Å². The molecule has 0 radical (unpaired) electrons. The number of aromatic nitrogens is 2. The Bertz CT molecular complexity index is 491. The van der Waals surface area contributed by atoms with Crippen molar-refractivity contribution in [2.45, 2.75) is 38.3 Å².